The number of aryl methyl sites for hydroxylation is 1. The van der Waals surface area contributed by atoms with Gasteiger partial charge >= 0.3 is 6.01 Å². The SMILES string of the molecule is COCCNCc1nnc(NCc2cnccc2C)o1. The van der Waals surface area contributed by atoms with Crippen LogP contribution in [0.15, 0.2) is 22.9 Å². The van der Waals surface area contributed by atoms with E-state index in [0.717, 1.165) is 12.1 Å². The van der Waals surface area contributed by atoms with Gasteiger partial charge < -0.3 is 19.8 Å². The number of aromatic nitrogens is 3. The fourth-order valence-electron chi connectivity index (χ4n) is 1.62. The Morgan fingerprint density at radius 2 is 2.20 bits per heavy atom. The molecule has 0 aliphatic heterocycles. The highest BCUT2D eigenvalue weighted by Crippen LogP contribution is 2.10. The molecule has 0 aliphatic carbocycles. The molecule has 0 atom stereocenters. The van der Waals surface area contributed by atoms with Crippen molar-refractivity contribution in [1.29, 1.82) is 0 Å². The number of nitrogens with one attached hydrogen (secondary N) is 2. The molecule has 0 bridgehead atoms. The van der Waals surface area contributed by atoms with E-state index in [2.05, 4.69) is 25.8 Å². The van der Waals surface area contributed by atoms with Crippen molar-refractivity contribution in [2.24, 2.45) is 0 Å². The maximum atomic E-state index is 5.47. The number of methoxy groups -OCH3 is 1. The second kappa shape index (κ2) is 7.56. The standard InChI is InChI=1S/C13H19N5O2/c1-10-3-4-14-7-11(10)8-16-13-18-17-12(20-13)9-15-5-6-19-2/h3-4,7,15H,5-6,8-9H2,1-2H3,(H,16,18). The molecule has 108 valence electrons. The third-order valence-electron chi connectivity index (χ3n) is 2.80. The Balaban J connectivity index is 1.79. The van der Waals surface area contributed by atoms with Crippen molar-refractivity contribution in [2.45, 2.75) is 20.0 Å². The van der Waals surface area contributed by atoms with Crippen LogP contribution in [-0.4, -0.2) is 35.4 Å². The Bertz CT molecular complexity index is 529. The average molecular weight is 277 g/mol. The van der Waals surface area contributed by atoms with Crippen LogP contribution in [0.2, 0.25) is 0 Å². The summed E-state index contributed by atoms with van der Waals surface area (Å²) in [4.78, 5) is 4.09. The van der Waals surface area contributed by atoms with Gasteiger partial charge in [0.1, 0.15) is 0 Å². The van der Waals surface area contributed by atoms with Gasteiger partial charge in [0.05, 0.1) is 13.2 Å². The summed E-state index contributed by atoms with van der Waals surface area (Å²) in [6.45, 7) is 4.58. The molecular formula is C13H19N5O2. The number of ether oxygens (including phenoxy) is 1. The largest absolute Gasteiger partial charge is 0.407 e. The van der Waals surface area contributed by atoms with E-state index in [-0.39, 0.29) is 0 Å². The van der Waals surface area contributed by atoms with Crippen LogP contribution in [0.1, 0.15) is 17.0 Å². The van der Waals surface area contributed by atoms with Crippen molar-refractivity contribution in [2.75, 3.05) is 25.6 Å². The van der Waals surface area contributed by atoms with Crippen molar-refractivity contribution < 1.29 is 9.15 Å². The first-order valence-electron chi connectivity index (χ1n) is 6.45. The third-order valence-corrected chi connectivity index (χ3v) is 2.80. The molecule has 0 fully saturated rings. The first-order valence-corrected chi connectivity index (χ1v) is 6.45. The first-order chi connectivity index (χ1) is 9.79. The predicted molar refractivity (Wildman–Crippen MR) is 74.2 cm³/mol. The molecule has 0 aliphatic rings. The van der Waals surface area contributed by atoms with Crippen molar-refractivity contribution in [3.8, 4) is 0 Å². The molecule has 2 aromatic heterocycles. The number of anilines is 1. The van der Waals surface area contributed by atoms with Crippen LogP contribution in [0.3, 0.4) is 0 Å². The fraction of sp³-hybridized carbons (Fsp3) is 0.462. The van der Waals surface area contributed by atoms with Gasteiger partial charge in [-0.2, -0.15) is 0 Å². The zero-order chi connectivity index (χ0) is 14.2. The molecule has 0 saturated carbocycles. The van der Waals surface area contributed by atoms with Crippen molar-refractivity contribution in [1.82, 2.24) is 20.5 Å². The molecule has 0 spiro atoms. The molecular weight excluding hydrogens is 258 g/mol. The van der Waals surface area contributed by atoms with Gasteiger partial charge in [0, 0.05) is 32.6 Å². The number of rotatable bonds is 8. The van der Waals surface area contributed by atoms with E-state index in [9.17, 15) is 0 Å². The zero-order valence-electron chi connectivity index (χ0n) is 11.7. The Hall–Kier alpha value is -1.99. The molecule has 2 aromatic rings. The molecule has 2 rings (SSSR count). The highest BCUT2D eigenvalue weighted by molar-refractivity contribution is 5.27. The maximum absolute atomic E-state index is 5.47. The van der Waals surface area contributed by atoms with Gasteiger partial charge in [0.2, 0.25) is 5.89 Å². The molecule has 2 heterocycles. The first kappa shape index (κ1) is 14.4. The summed E-state index contributed by atoms with van der Waals surface area (Å²) < 4.78 is 10.4. The minimum absolute atomic E-state index is 0.414. The third kappa shape index (κ3) is 4.29. The molecule has 0 amide bonds. The maximum Gasteiger partial charge on any atom is 0.315 e. The number of hydrogen-bond donors (Lipinski definition) is 2. The second-order valence-electron chi connectivity index (χ2n) is 4.33. The van der Waals surface area contributed by atoms with Crippen LogP contribution < -0.4 is 10.6 Å². The monoisotopic (exact) mass is 277 g/mol. The Labute approximate surface area is 117 Å². The van der Waals surface area contributed by atoms with Crippen LogP contribution in [0, 0.1) is 6.92 Å². The topological polar surface area (TPSA) is 85.1 Å². The van der Waals surface area contributed by atoms with Crippen LogP contribution in [0.25, 0.3) is 0 Å². The molecule has 7 nitrogen and oxygen atoms in total. The quantitative estimate of drug-likeness (QED) is 0.699. The summed E-state index contributed by atoms with van der Waals surface area (Å²) in [5.74, 6) is 0.548. The second-order valence-corrected chi connectivity index (χ2v) is 4.33. The number of hydrogen-bond acceptors (Lipinski definition) is 7. The van der Waals surface area contributed by atoms with Crippen molar-refractivity contribution >= 4 is 6.01 Å². The van der Waals surface area contributed by atoms with Gasteiger partial charge in [0.25, 0.3) is 0 Å². The van der Waals surface area contributed by atoms with E-state index in [0.29, 0.717) is 31.6 Å². The summed E-state index contributed by atoms with van der Waals surface area (Å²) in [6.07, 6.45) is 3.60. The van der Waals surface area contributed by atoms with E-state index < -0.39 is 0 Å². The van der Waals surface area contributed by atoms with Gasteiger partial charge in [0.15, 0.2) is 0 Å². The summed E-state index contributed by atoms with van der Waals surface area (Å²) >= 11 is 0. The molecule has 2 N–H and O–H groups in total. The van der Waals surface area contributed by atoms with Gasteiger partial charge in [-0.15, -0.1) is 5.10 Å². The minimum Gasteiger partial charge on any atom is -0.407 e. The van der Waals surface area contributed by atoms with Crippen LogP contribution in [0.4, 0.5) is 6.01 Å². The van der Waals surface area contributed by atoms with Gasteiger partial charge in [-0.25, -0.2) is 0 Å². The highest BCUT2D eigenvalue weighted by Gasteiger charge is 2.06. The molecule has 0 radical (unpaired) electrons. The molecule has 0 unspecified atom stereocenters. The lowest BCUT2D eigenvalue weighted by atomic mass is 10.2. The summed E-state index contributed by atoms with van der Waals surface area (Å²) in [5, 5.41) is 14.1. The fourth-order valence-corrected chi connectivity index (χ4v) is 1.62. The predicted octanol–water partition coefficient (Wildman–Crippen LogP) is 1.12. The van der Waals surface area contributed by atoms with E-state index >= 15 is 0 Å². The van der Waals surface area contributed by atoms with Crippen molar-refractivity contribution in [3.05, 3.63) is 35.5 Å². The Morgan fingerprint density at radius 3 is 3.00 bits per heavy atom. The smallest absolute Gasteiger partial charge is 0.315 e. The Morgan fingerprint density at radius 1 is 1.30 bits per heavy atom. The molecule has 0 saturated heterocycles. The lowest BCUT2D eigenvalue weighted by Crippen LogP contribution is -2.18. The molecule has 20 heavy (non-hydrogen) atoms. The number of nitrogens with zero attached hydrogens (tertiary/aromatic N) is 3. The normalized spacial score (nSPS) is 10.7. The lowest BCUT2D eigenvalue weighted by molar-refractivity contribution is 0.198. The minimum atomic E-state index is 0.414. The molecule has 7 heteroatoms. The summed E-state index contributed by atoms with van der Waals surface area (Å²) in [7, 11) is 1.66. The van der Waals surface area contributed by atoms with Crippen LogP contribution >= 0.6 is 0 Å². The summed E-state index contributed by atoms with van der Waals surface area (Å²) in [6, 6.07) is 2.38. The van der Waals surface area contributed by atoms with Gasteiger partial charge in [-0.05, 0) is 24.1 Å². The van der Waals surface area contributed by atoms with Crippen LogP contribution in [-0.2, 0) is 17.8 Å². The van der Waals surface area contributed by atoms with Crippen LogP contribution in [0.5, 0.6) is 0 Å². The highest BCUT2D eigenvalue weighted by atomic mass is 16.5. The average Bonchev–Trinajstić information content (AvgIpc) is 2.91. The molecule has 0 aromatic carbocycles. The van der Waals surface area contributed by atoms with Gasteiger partial charge in [-0.3, -0.25) is 4.98 Å². The van der Waals surface area contributed by atoms with Crippen molar-refractivity contribution in [3.63, 3.8) is 0 Å². The van der Waals surface area contributed by atoms with E-state index in [4.69, 9.17) is 9.15 Å². The van der Waals surface area contributed by atoms with Gasteiger partial charge in [-0.1, -0.05) is 5.10 Å². The zero-order valence-corrected chi connectivity index (χ0v) is 11.7. The van der Waals surface area contributed by atoms with E-state index in [1.807, 2.05) is 19.2 Å². The Kier molecular flexibility index (Phi) is 5.45. The number of pyridine rings is 1. The van der Waals surface area contributed by atoms with E-state index in [1.54, 1.807) is 13.3 Å². The van der Waals surface area contributed by atoms with E-state index in [1.165, 1.54) is 5.56 Å². The lowest BCUT2D eigenvalue weighted by Gasteiger charge is -2.04. The summed E-state index contributed by atoms with van der Waals surface area (Å²) in [5.41, 5.74) is 2.28.